The molecule has 5 heteroatoms. The molecule has 0 saturated carbocycles. The lowest BCUT2D eigenvalue weighted by molar-refractivity contribution is 0.414. The van der Waals surface area contributed by atoms with Gasteiger partial charge in [-0.15, -0.1) is 6.58 Å². The largest absolute Gasteiger partial charge is 0.497 e. The van der Waals surface area contributed by atoms with Crippen molar-refractivity contribution in [1.29, 1.82) is 0 Å². The number of nitrogens with one attached hydrogen (secondary N) is 2. The van der Waals surface area contributed by atoms with E-state index in [1.54, 1.807) is 13.2 Å². The summed E-state index contributed by atoms with van der Waals surface area (Å²) < 4.78 is 5.19. The van der Waals surface area contributed by atoms with E-state index in [9.17, 15) is 0 Å². The van der Waals surface area contributed by atoms with Crippen LogP contribution in [0.4, 0.5) is 11.8 Å². The van der Waals surface area contributed by atoms with Crippen molar-refractivity contribution in [3.05, 3.63) is 78.9 Å². The molecule has 0 unspecified atom stereocenters. The van der Waals surface area contributed by atoms with E-state index in [0.717, 1.165) is 28.4 Å². The van der Waals surface area contributed by atoms with E-state index in [1.807, 2.05) is 60.7 Å². The molecule has 0 atom stereocenters. The summed E-state index contributed by atoms with van der Waals surface area (Å²) in [6.45, 7) is 5.01. The molecule has 0 aliphatic rings. The Kier molecular flexibility index (Phi) is 5.83. The van der Waals surface area contributed by atoms with E-state index < -0.39 is 0 Å². The number of nitrogens with zero attached hydrogens (tertiary/aromatic N) is 2. The normalized spacial score (nSPS) is 10.2. The number of aromatic nitrogens is 2. The molecule has 26 heavy (non-hydrogen) atoms. The van der Waals surface area contributed by atoms with Crippen LogP contribution in [-0.4, -0.2) is 23.6 Å². The van der Waals surface area contributed by atoms with Gasteiger partial charge in [0, 0.05) is 24.7 Å². The fourth-order valence-corrected chi connectivity index (χ4v) is 2.47. The Morgan fingerprint density at radius 1 is 1.00 bits per heavy atom. The minimum Gasteiger partial charge on any atom is -0.497 e. The van der Waals surface area contributed by atoms with Crippen LogP contribution in [0.5, 0.6) is 5.75 Å². The van der Waals surface area contributed by atoms with Gasteiger partial charge in [0.25, 0.3) is 0 Å². The smallest absolute Gasteiger partial charge is 0.225 e. The van der Waals surface area contributed by atoms with Gasteiger partial charge in [-0.3, -0.25) is 0 Å². The van der Waals surface area contributed by atoms with E-state index in [2.05, 4.69) is 27.2 Å². The van der Waals surface area contributed by atoms with Crippen molar-refractivity contribution in [1.82, 2.24) is 9.97 Å². The molecule has 1 aromatic heterocycles. The Morgan fingerprint density at radius 3 is 2.46 bits per heavy atom. The first-order valence-electron chi connectivity index (χ1n) is 8.44. The number of hydrogen-bond acceptors (Lipinski definition) is 5. The van der Waals surface area contributed by atoms with Crippen LogP contribution in [0.15, 0.2) is 73.3 Å². The predicted octanol–water partition coefficient (Wildman–Crippen LogP) is 4.36. The molecular weight excluding hydrogens is 324 g/mol. The average Bonchev–Trinajstić information content (AvgIpc) is 2.71. The van der Waals surface area contributed by atoms with Crippen molar-refractivity contribution >= 4 is 11.8 Å². The third-order valence-corrected chi connectivity index (χ3v) is 3.83. The number of anilines is 2. The third-order valence-electron chi connectivity index (χ3n) is 3.83. The highest BCUT2D eigenvalue weighted by Gasteiger charge is 2.06. The molecule has 0 amide bonds. The van der Waals surface area contributed by atoms with Crippen LogP contribution in [0.2, 0.25) is 0 Å². The van der Waals surface area contributed by atoms with Gasteiger partial charge in [0.2, 0.25) is 5.95 Å². The first-order valence-corrected chi connectivity index (χ1v) is 8.44. The maximum Gasteiger partial charge on any atom is 0.225 e. The number of ether oxygens (including phenoxy) is 1. The Hall–Kier alpha value is -3.34. The topological polar surface area (TPSA) is 59.1 Å². The highest BCUT2D eigenvalue weighted by Crippen LogP contribution is 2.21. The molecule has 0 aliphatic carbocycles. The fraction of sp³-hybridized carbons (Fsp3) is 0.143. The van der Waals surface area contributed by atoms with Gasteiger partial charge in [-0.05, 0) is 17.7 Å². The molecule has 0 radical (unpaired) electrons. The second-order valence-electron chi connectivity index (χ2n) is 5.70. The molecule has 5 nitrogen and oxygen atoms in total. The molecule has 0 aliphatic heterocycles. The zero-order valence-corrected chi connectivity index (χ0v) is 14.8. The average molecular weight is 346 g/mol. The minimum atomic E-state index is 0.578. The van der Waals surface area contributed by atoms with Crippen LogP contribution in [0.25, 0.3) is 11.3 Å². The Bertz CT molecular complexity index is 848. The molecule has 132 valence electrons. The van der Waals surface area contributed by atoms with E-state index in [1.165, 1.54) is 0 Å². The molecule has 2 N–H and O–H groups in total. The summed E-state index contributed by atoms with van der Waals surface area (Å²) in [5.41, 5.74) is 3.04. The van der Waals surface area contributed by atoms with Crippen molar-refractivity contribution in [3.8, 4) is 17.0 Å². The number of methoxy groups -OCH3 is 1. The van der Waals surface area contributed by atoms with Gasteiger partial charge in [-0.2, -0.15) is 4.98 Å². The summed E-state index contributed by atoms with van der Waals surface area (Å²) in [6.07, 6.45) is 1.80. The van der Waals surface area contributed by atoms with Crippen molar-refractivity contribution in [2.75, 3.05) is 24.3 Å². The van der Waals surface area contributed by atoms with Crippen LogP contribution in [-0.2, 0) is 6.54 Å². The highest BCUT2D eigenvalue weighted by atomic mass is 16.5. The molecule has 0 fully saturated rings. The van der Waals surface area contributed by atoms with Gasteiger partial charge in [0.05, 0.1) is 12.8 Å². The van der Waals surface area contributed by atoms with E-state index in [0.29, 0.717) is 19.0 Å². The standard InChI is InChI=1S/C21H22N4O/c1-3-13-22-20-14-19(17-7-5-4-6-8-17)24-21(25-20)23-15-16-9-11-18(26-2)12-10-16/h3-12,14H,1,13,15H2,2H3,(H2,22,23,24,25). The van der Waals surface area contributed by atoms with Gasteiger partial charge in [0.15, 0.2) is 0 Å². The summed E-state index contributed by atoms with van der Waals surface area (Å²) >= 11 is 0. The second-order valence-corrected chi connectivity index (χ2v) is 5.70. The van der Waals surface area contributed by atoms with Crippen LogP contribution in [0, 0.1) is 0 Å². The molecule has 0 bridgehead atoms. The number of rotatable bonds is 8. The quantitative estimate of drug-likeness (QED) is 0.593. The summed E-state index contributed by atoms with van der Waals surface area (Å²) in [6, 6.07) is 19.9. The lowest BCUT2D eigenvalue weighted by Crippen LogP contribution is -2.08. The summed E-state index contributed by atoms with van der Waals surface area (Å²) in [5.74, 6) is 2.18. The summed E-state index contributed by atoms with van der Waals surface area (Å²) in [4.78, 5) is 9.19. The Balaban J connectivity index is 1.81. The molecule has 1 heterocycles. The molecule has 0 spiro atoms. The maximum atomic E-state index is 5.19. The zero-order valence-electron chi connectivity index (χ0n) is 14.8. The molecule has 0 saturated heterocycles. The van der Waals surface area contributed by atoms with E-state index >= 15 is 0 Å². The van der Waals surface area contributed by atoms with Gasteiger partial charge in [0.1, 0.15) is 11.6 Å². The monoisotopic (exact) mass is 346 g/mol. The fourth-order valence-electron chi connectivity index (χ4n) is 2.47. The molecule has 3 rings (SSSR count). The van der Waals surface area contributed by atoms with Gasteiger partial charge >= 0.3 is 0 Å². The Labute approximate surface area is 153 Å². The number of benzene rings is 2. The SMILES string of the molecule is C=CCNc1cc(-c2ccccc2)nc(NCc2ccc(OC)cc2)n1. The third kappa shape index (κ3) is 4.60. The van der Waals surface area contributed by atoms with E-state index in [4.69, 9.17) is 4.74 Å². The van der Waals surface area contributed by atoms with Gasteiger partial charge in [-0.25, -0.2) is 4.98 Å². The lowest BCUT2D eigenvalue weighted by Gasteiger charge is -2.11. The number of hydrogen-bond donors (Lipinski definition) is 2. The van der Waals surface area contributed by atoms with Gasteiger partial charge < -0.3 is 15.4 Å². The van der Waals surface area contributed by atoms with Crippen molar-refractivity contribution in [2.24, 2.45) is 0 Å². The Morgan fingerprint density at radius 2 is 1.77 bits per heavy atom. The van der Waals surface area contributed by atoms with Crippen molar-refractivity contribution in [2.45, 2.75) is 6.54 Å². The first-order chi connectivity index (χ1) is 12.8. The van der Waals surface area contributed by atoms with Gasteiger partial charge in [-0.1, -0.05) is 48.5 Å². The predicted molar refractivity (Wildman–Crippen MR) is 106 cm³/mol. The van der Waals surface area contributed by atoms with Crippen molar-refractivity contribution in [3.63, 3.8) is 0 Å². The minimum absolute atomic E-state index is 0.578. The molecular formula is C21H22N4O. The molecule has 3 aromatic rings. The highest BCUT2D eigenvalue weighted by molar-refractivity contribution is 5.64. The second kappa shape index (κ2) is 8.67. The van der Waals surface area contributed by atoms with Crippen LogP contribution in [0.3, 0.4) is 0 Å². The lowest BCUT2D eigenvalue weighted by atomic mass is 10.1. The van der Waals surface area contributed by atoms with Crippen LogP contribution in [0.1, 0.15) is 5.56 Å². The first kappa shape index (κ1) is 17.5. The van der Waals surface area contributed by atoms with E-state index in [-0.39, 0.29) is 0 Å². The molecule has 2 aromatic carbocycles. The maximum absolute atomic E-state index is 5.19. The summed E-state index contributed by atoms with van der Waals surface area (Å²) in [5, 5.41) is 6.53. The summed E-state index contributed by atoms with van der Waals surface area (Å²) in [7, 11) is 1.66. The van der Waals surface area contributed by atoms with Crippen molar-refractivity contribution < 1.29 is 4.74 Å². The zero-order chi connectivity index (χ0) is 18.2. The van der Waals surface area contributed by atoms with Crippen LogP contribution >= 0.6 is 0 Å². The van der Waals surface area contributed by atoms with Crippen LogP contribution < -0.4 is 15.4 Å².